The van der Waals surface area contributed by atoms with Gasteiger partial charge in [-0.15, -0.1) is 0 Å². The van der Waals surface area contributed by atoms with Crippen LogP contribution in [-0.4, -0.2) is 20.3 Å². The van der Waals surface area contributed by atoms with Crippen LogP contribution in [0.15, 0.2) is 61.1 Å². The molecule has 5 nitrogen and oxygen atoms in total. The van der Waals surface area contributed by atoms with Crippen molar-refractivity contribution >= 4 is 39.7 Å². The summed E-state index contributed by atoms with van der Waals surface area (Å²) < 4.78 is 1.81. The molecule has 0 fully saturated rings. The molecule has 24 heavy (non-hydrogen) atoms. The molecular formula is C18H13ClN4O. The maximum Gasteiger partial charge on any atom is 0.230 e. The Morgan fingerprint density at radius 2 is 2.00 bits per heavy atom. The summed E-state index contributed by atoms with van der Waals surface area (Å²) in [5, 5.41) is 4.52. The SMILES string of the molecule is O=C(Cc1cn2cc(Cl)ccc2n1)Nc1cccc2cccnc12. The van der Waals surface area contributed by atoms with E-state index in [0.29, 0.717) is 16.4 Å². The van der Waals surface area contributed by atoms with Crippen LogP contribution >= 0.6 is 11.6 Å². The number of rotatable bonds is 3. The molecule has 0 spiro atoms. The fraction of sp³-hybridized carbons (Fsp3) is 0.0556. The summed E-state index contributed by atoms with van der Waals surface area (Å²) in [7, 11) is 0. The molecule has 118 valence electrons. The van der Waals surface area contributed by atoms with Gasteiger partial charge in [-0.2, -0.15) is 0 Å². The lowest BCUT2D eigenvalue weighted by molar-refractivity contribution is -0.115. The van der Waals surface area contributed by atoms with Gasteiger partial charge in [0, 0.05) is 24.0 Å². The lowest BCUT2D eigenvalue weighted by Gasteiger charge is -2.07. The van der Waals surface area contributed by atoms with E-state index in [0.717, 1.165) is 16.6 Å². The van der Waals surface area contributed by atoms with Crippen molar-refractivity contribution in [2.24, 2.45) is 0 Å². The van der Waals surface area contributed by atoms with Gasteiger partial charge in [0.15, 0.2) is 0 Å². The van der Waals surface area contributed by atoms with Crippen molar-refractivity contribution in [2.45, 2.75) is 6.42 Å². The summed E-state index contributed by atoms with van der Waals surface area (Å²) in [6.07, 6.45) is 5.47. The van der Waals surface area contributed by atoms with Gasteiger partial charge in [0.05, 0.1) is 28.3 Å². The van der Waals surface area contributed by atoms with Gasteiger partial charge in [-0.25, -0.2) is 4.98 Å². The minimum Gasteiger partial charge on any atom is -0.324 e. The van der Waals surface area contributed by atoms with Crippen LogP contribution in [0, 0.1) is 0 Å². The van der Waals surface area contributed by atoms with Crippen molar-refractivity contribution in [3.63, 3.8) is 0 Å². The van der Waals surface area contributed by atoms with Crippen LogP contribution in [0.25, 0.3) is 16.6 Å². The zero-order chi connectivity index (χ0) is 16.5. The lowest BCUT2D eigenvalue weighted by Crippen LogP contribution is -2.15. The zero-order valence-corrected chi connectivity index (χ0v) is 13.4. The van der Waals surface area contributed by atoms with Crippen molar-refractivity contribution in [3.8, 4) is 0 Å². The normalized spacial score (nSPS) is 11.0. The van der Waals surface area contributed by atoms with Gasteiger partial charge in [0.1, 0.15) is 5.65 Å². The third-order valence-electron chi connectivity index (χ3n) is 3.71. The number of amides is 1. The number of aromatic nitrogens is 3. The smallest absolute Gasteiger partial charge is 0.230 e. The number of carbonyl (C=O) groups excluding carboxylic acids is 1. The number of carbonyl (C=O) groups is 1. The van der Waals surface area contributed by atoms with E-state index in [-0.39, 0.29) is 12.3 Å². The van der Waals surface area contributed by atoms with Crippen LogP contribution in [0.5, 0.6) is 0 Å². The molecule has 0 bridgehead atoms. The van der Waals surface area contributed by atoms with E-state index in [9.17, 15) is 4.79 Å². The molecule has 0 atom stereocenters. The average molecular weight is 337 g/mol. The van der Waals surface area contributed by atoms with Gasteiger partial charge in [0.2, 0.25) is 5.91 Å². The Bertz CT molecular complexity index is 1050. The first-order chi connectivity index (χ1) is 11.7. The highest BCUT2D eigenvalue weighted by molar-refractivity contribution is 6.30. The molecule has 1 aromatic carbocycles. The Labute approximate surface area is 142 Å². The predicted molar refractivity (Wildman–Crippen MR) is 94.3 cm³/mol. The van der Waals surface area contributed by atoms with Crippen LogP contribution in [0.1, 0.15) is 5.69 Å². The summed E-state index contributed by atoms with van der Waals surface area (Å²) in [6.45, 7) is 0. The van der Waals surface area contributed by atoms with Crippen LogP contribution in [0.4, 0.5) is 5.69 Å². The number of para-hydroxylation sites is 1. The highest BCUT2D eigenvalue weighted by Crippen LogP contribution is 2.21. The van der Waals surface area contributed by atoms with Gasteiger partial charge in [-0.05, 0) is 24.3 Å². The van der Waals surface area contributed by atoms with Gasteiger partial charge < -0.3 is 9.72 Å². The topological polar surface area (TPSA) is 59.3 Å². The van der Waals surface area contributed by atoms with Gasteiger partial charge in [-0.3, -0.25) is 9.78 Å². The maximum atomic E-state index is 12.4. The zero-order valence-electron chi connectivity index (χ0n) is 12.6. The molecule has 3 heterocycles. The molecule has 0 aliphatic carbocycles. The first kappa shape index (κ1) is 14.7. The van der Waals surface area contributed by atoms with Crippen molar-refractivity contribution in [2.75, 3.05) is 5.32 Å². The fourth-order valence-electron chi connectivity index (χ4n) is 2.67. The van der Waals surface area contributed by atoms with Gasteiger partial charge >= 0.3 is 0 Å². The van der Waals surface area contributed by atoms with E-state index < -0.39 is 0 Å². The van der Waals surface area contributed by atoms with Gasteiger partial charge in [-0.1, -0.05) is 29.8 Å². The second kappa shape index (κ2) is 5.94. The molecule has 0 saturated heterocycles. The number of halogens is 1. The Morgan fingerprint density at radius 3 is 2.92 bits per heavy atom. The number of hydrogen-bond donors (Lipinski definition) is 1. The summed E-state index contributed by atoms with van der Waals surface area (Å²) >= 11 is 5.96. The molecule has 4 aromatic rings. The molecule has 3 aromatic heterocycles. The fourth-order valence-corrected chi connectivity index (χ4v) is 2.83. The van der Waals surface area contributed by atoms with E-state index in [4.69, 9.17) is 11.6 Å². The highest BCUT2D eigenvalue weighted by Gasteiger charge is 2.10. The quantitative estimate of drug-likeness (QED) is 0.620. The number of anilines is 1. The second-order valence-corrected chi connectivity index (χ2v) is 5.89. The molecule has 1 N–H and O–H groups in total. The summed E-state index contributed by atoms with van der Waals surface area (Å²) in [5.41, 5.74) is 2.91. The van der Waals surface area contributed by atoms with Crippen molar-refractivity contribution in [1.29, 1.82) is 0 Å². The maximum absolute atomic E-state index is 12.4. The Morgan fingerprint density at radius 1 is 1.12 bits per heavy atom. The summed E-state index contributed by atoms with van der Waals surface area (Å²) in [5.74, 6) is -0.136. The van der Waals surface area contributed by atoms with Crippen molar-refractivity contribution in [1.82, 2.24) is 14.4 Å². The predicted octanol–water partition coefficient (Wildman–Crippen LogP) is 3.72. The molecule has 0 saturated carbocycles. The Hall–Kier alpha value is -2.92. The molecule has 0 radical (unpaired) electrons. The Kier molecular flexibility index (Phi) is 3.63. The molecule has 4 rings (SSSR count). The molecular weight excluding hydrogens is 324 g/mol. The van der Waals surface area contributed by atoms with Crippen molar-refractivity contribution in [3.05, 3.63) is 71.8 Å². The number of benzene rings is 1. The van der Waals surface area contributed by atoms with E-state index in [1.165, 1.54) is 0 Å². The van der Waals surface area contributed by atoms with E-state index in [1.54, 1.807) is 18.5 Å². The van der Waals surface area contributed by atoms with E-state index in [2.05, 4.69) is 15.3 Å². The molecule has 0 unspecified atom stereocenters. The number of fused-ring (bicyclic) bond motifs is 2. The second-order valence-electron chi connectivity index (χ2n) is 5.45. The number of imidazole rings is 1. The van der Waals surface area contributed by atoms with Crippen LogP contribution in [-0.2, 0) is 11.2 Å². The van der Waals surface area contributed by atoms with Crippen LogP contribution in [0.2, 0.25) is 5.02 Å². The number of hydrogen-bond acceptors (Lipinski definition) is 3. The minimum absolute atomic E-state index is 0.136. The first-order valence-electron chi connectivity index (χ1n) is 7.46. The number of pyridine rings is 2. The highest BCUT2D eigenvalue weighted by atomic mass is 35.5. The van der Waals surface area contributed by atoms with Crippen LogP contribution in [0.3, 0.4) is 0 Å². The molecule has 0 aliphatic heterocycles. The minimum atomic E-state index is -0.136. The number of nitrogens with zero attached hydrogens (tertiary/aromatic N) is 3. The summed E-state index contributed by atoms with van der Waals surface area (Å²) in [4.78, 5) is 21.1. The van der Waals surface area contributed by atoms with E-state index >= 15 is 0 Å². The molecule has 0 aliphatic rings. The van der Waals surface area contributed by atoms with Crippen molar-refractivity contribution < 1.29 is 4.79 Å². The average Bonchev–Trinajstić information content (AvgIpc) is 2.96. The third-order valence-corrected chi connectivity index (χ3v) is 3.94. The standard InChI is InChI=1S/C18H13ClN4O/c19-13-6-7-16-21-14(11-23(16)10-13)9-17(24)22-15-5-1-3-12-4-2-8-20-18(12)15/h1-8,10-11H,9H2,(H,22,24). The van der Waals surface area contributed by atoms with Crippen LogP contribution < -0.4 is 5.32 Å². The first-order valence-corrected chi connectivity index (χ1v) is 7.83. The molecule has 6 heteroatoms. The van der Waals surface area contributed by atoms with Gasteiger partial charge in [0.25, 0.3) is 0 Å². The van der Waals surface area contributed by atoms with E-state index in [1.807, 2.05) is 47.0 Å². The third kappa shape index (κ3) is 2.81. The summed E-state index contributed by atoms with van der Waals surface area (Å²) in [6, 6.07) is 13.1. The Balaban J connectivity index is 1.57. The lowest BCUT2D eigenvalue weighted by atomic mass is 10.2. The largest absolute Gasteiger partial charge is 0.324 e. The molecule has 1 amide bonds. The monoisotopic (exact) mass is 336 g/mol. The number of nitrogens with one attached hydrogen (secondary N) is 1.